The van der Waals surface area contributed by atoms with E-state index in [9.17, 15) is 14.4 Å². The van der Waals surface area contributed by atoms with Gasteiger partial charge in [-0.2, -0.15) is 0 Å². The molecule has 164 valence electrons. The molecule has 0 aliphatic carbocycles. The van der Waals surface area contributed by atoms with Gasteiger partial charge in [-0.25, -0.2) is 0 Å². The molecule has 3 amide bonds. The van der Waals surface area contributed by atoms with Gasteiger partial charge in [0.1, 0.15) is 6.04 Å². The minimum absolute atomic E-state index is 0.215. The minimum Gasteiger partial charge on any atom is -0.351 e. The Hall–Kier alpha value is -3.12. The number of nitrogens with one attached hydrogen (secondary N) is 1. The monoisotopic (exact) mass is 449 g/mol. The number of anilines is 2. The van der Waals surface area contributed by atoms with Crippen LogP contribution in [0, 0.1) is 11.8 Å². The van der Waals surface area contributed by atoms with E-state index in [4.69, 9.17) is 11.6 Å². The number of likely N-dealkylation sites (tertiary alicyclic amines) is 1. The van der Waals surface area contributed by atoms with E-state index in [0.29, 0.717) is 10.7 Å². The minimum atomic E-state index is -0.810. The van der Waals surface area contributed by atoms with Gasteiger partial charge < -0.3 is 10.2 Å². The highest BCUT2D eigenvalue weighted by atomic mass is 35.5. The van der Waals surface area contributed by atoms with Gasteiger partial charge in [0.25, 0.3) is 0 Å². The molecule has 0 spiro atoms. The summed E-state index contributed by atoms with van der Waals surface area (Å²) in [6.45, 7) is 5.53. The molecule has 3 aliphatic rings. The van der Waals surface area contributed by atoms with Gasteiger partial charge in [-0.15, -0.1) is 0 Å². The van der Waals surface area contributed by atoms with Crippen LogP contribution in [0.15, 0.2) is 54.6 Å². The number of nitrogens with zero attached hydrogens (tertiary/aromatic N) is 2. The molecule has 0 radical (unpaired) electrons. The maximum Gasteiger partial charge on any atom is 0.247 e. The van der Waals surface area contributed by atoms with E-state index >= 15 is 0 Å². The lowest BCUT2D eigenvalue weighted by atomic mass is 9.88. The van der Waals surface area contributed by atoms with Crippen molar-refractivity contribution >= 4 is 46.8 Å². The van der Waals surface area contributed by atoms with Crippen molar-refractivity contribution in [3.8, 4) is 0 Å². The van der Waals surface area contributed by atoms with Crippen LogP contribution in [0.4, 0.5) is 11.4 Å². The lowest BCUT2D eigenvalue weighted by Crippen LogP contribution is -2.53. The first-order chi connectivity index (χ1) is 15.2. The molecule has 3 aliphatic heterocycles. The summed E-state index contributed by atoms with van der Waals surface area (Å²) in [6, 6.07) is 13.4. The normalized spacial score (nSPS) is 26.1. The summed E-state index contributed by atoms with van der Waals surface area (Å²) in [5.41, 5.74) is 1.75. The van der Waals surface area contributed by atoms with Crippen LogP contribution in [0.5, 0.6) is 0 Å². The lowest BCUT2D eigenvalue weighted by Gasteiger charge is -2.38. The lowest BCUT2D eigenvalue weighted by molar-refractivity contribution is -0.146. The van der Waals surface area contributed by atoms with Gasteiger partial charge in [0.05, 0.1) is 17.9 Å². The Labute approximate surface area is 191 Å². The second-order valence-corrected chi connectivity index (χ2v) is 9.93. The molecule has 2 saturated heterocycles. The van der Waals surface area contributed by atoms with Crippen LogP contribution >= 0.6 is 11.6 Å². The molecule has 2 aromatic carbocycles. The molecule has 1 N–H and O–H groups in total. The van der Waals surface area contributed by atoms with E-state index in [2.05, 4.69) is 5.32 Å². The standard InChI is InChI=1S/C25H24ClN3O3/c1-25(2,3)29-23(31)19-18-13-8-14-6-4-5-7-17(14)28(18)21(20(19)24(29)32)22(30)27-16-11-9-15(26)10-12-16/h4-13,18-21H,1-3H3,(H,27,30)/t18-,19-,20-,21-/m1/s1. The molecule has 6 nitrogen and oxygen atoms in total. The molecule has 0 aromatic heterocycles. The van der Waals surface area contributed by atoms with Gasteiger partial charge in [-0.05, 0) is 56.7 Å². The predicted molar refractivity (Wildman–Crippen MR) is 124 cm³/mol. The summed E-state index contributed by atoms with van der Waals surface area (Å²) >= 11 is 5.97. The van der Waals surface area contributed by atoms with Crippen LogP contribution in [-0.4, -0.2) is 40.2 Å². The highest BCUT2D eigenvalue weighted by Crippen LogP contribution is 2.49. The van der Waals surface area contributed by atoms with Gasteiger partial charge in [-0.1, -0.05) is 42.0 Å². The number of imide groups is 1. The molecule has 0 bridgehead atoms. The van der Waals surface area contributed by atoms with Crippen molar-refractivity contribution in [3.63, 3.8) is 0 Å². The summed E-state index contributed by atoms with van der Waals surface area (Å²) < 4.78 is 0. The van der Waals surface area contributed by atoms with Crippen molar-refractivity contribution in [2.75, 3.05) is 10.2 Å². The Balaban J connectivity index is 1.59. The average molecular weight is 450 g/mol. The number of amides is 3. The molecule has 0 saturated carbocycles. The maximum atomic E-state index is 13.6. The molecule has 4 atom stereocenters. The van der Waals surface area contributed by atoms with Crippen LogP contribution in [0.2, 0.25) is 5.02 Å². The molecular weight excluding hydrogens is 426 g/mol. The number of hydrogen-bond donors (Lipinski definition) is 1. The molecule has 32 heavy (non-hydrogen) atoms. The van der Waals surface area contributed by atoms with Crippen LogP contribution < -0.4 is 10.2 Å². The van der Waals surface area contributed by atoms with Crippen molar-refractivity contribution in [1.29, 1.82) is 0 Å². The maximum absolute atomic E-state index is 13.6. The van der Waals surface area contributed by atoms with Crippen molar-refractivity contribution in [3.05, 3.63) is 65.2 Å². The quantitative estimate of drug-likeness (QED) is 0.704. The van der Waals surface area contributed by atoms with Crippen molar-refractivity contribution < 1.29 is 14.4 Å². The largest absolute Gasteiger partial charge is 0.351 e. The van der Waals surface area contributed by atoms with Crippen LogP contribution in [0.3, 0.4) is 0 Å². The molecule has 7 heteroatoms. The second-order valence-electron chi connectivity index (χ2n) is 9.49. The summed E-state index contributed by atoms with van der Waals surface area (Å²) in [4.78, 5) is 44.0. The number of hydrogen-bond acceptors (Lipinski definition) is 4. The number of rotatable bonds is 2. The third-order valence-electron chi connectivity index (χ3n) is 6.47. The van der Waals surface area contributed by atoms with E-state index in [1.54, 1.807) is 24.3 Å². The number of carbonyl (C=O) groups excluding carboxylic acids is 3. The summed E-state index contributed by atoms with van der Waals surface area (Å²) in [6.07, 6.45) is 3.93. The van der Waals surface area contributed by atoms with Crippen LogP contribution in [-0.2, 0) is 14.4 Å². The Morgan fingerprint density at radius 1 is 0.969 bits per heavy atom. The SMILES string of the molecule is CC(C)(C)N1C(=O)[C@@H]2[C@H](C1=O)[C@H]1C=Cc3ccccc3N1[C@H]2C(=O)Nc1ccc(Cl)cc1. The molecule has 0 unspecified atom stereocenters. The van der Waals surface area contributed by atoms with Gasteiger partial charge >= 0.3 is 0 Å². The number of benzene rings is 2. The van der Waals surface area contributed by atoms with Crippen molar-refractivity contribution in [2.45, 2.75) is 38.4 Å². The highest BCUT2D eigenvalue weighted by Gasteiger charge is 2.65. The van der Waals surface area contributed by atoms with E-state index in [0.717, 1.165) is 11.3 Å². The molecule has 5 rings (SSSR count). The van der Waals surface area contributed by atoms with Gasteiger partial charge in [0.15, 0.2) is 0 Å². The van der Waals surface area contributed by atoms with Crippen LogP contribution in [0.25, 0.3) is 6.08 Å². The molecule has 2 aromatic rings. The Bertz CT molecular complexity index is 1150. The van der Waals surface area contributed by atoms with E-state index in [1.165, 1.54) is 4.90 Å². The van der Waals surface area contributed by atoms with E-state index in [1.807, 2.05) is 62.1 Å². The Morgan fingerprint density at radius 3 is 2.31 bits per heavy atom. The average Bonchev–Trinajstić information content (AvgIpc) is 3.22. The smallest absolute Gasteiger partial charge is 0.247 e. The third kappa shape index (κ3) is 3.05. The predicted octanol–water partition coefficient (Wildman–Crippen LogP) is 3.96. The molecule has 2 fully saturated rings. The van der Waals surface area contributed by atoms with E-state index in [-0.39, 0.29) is 23.8 Å². The Kier molecular flexibility index (Phi) is 4.67. The topological polar surface area (TPSA) is 69.7 Å². The number of fused-ring (bicyclic) bond motifs is 5. The summed E-state index contributed by atoms with van der Waals surface area (Å²) in [7, 11) is 0. The Morgan fingerprint density at radius 2 is 1.62 bits per heavy atom. The number of halogens is 1. The fraction of sp³-hybridized carbons (Fsp3) is 0.320. The summed E-state index contributed by atoms with van der Waals surface area (Å²) in [5, 5.41) is 3.50. The van der Waals surface area contributed by atoms with Gasteiger partial charge in [0, 0.05) is 21.9 Å². The molecule has 3 heterocycles. The molecular formula is C25H24ClN3O3. The first-order valence-electron chi connectivity index (χ1n) is 10.7. The van der Waals surface area contributed by atoms with Crippen LogP contribution in [0.1, 0.15) is 26.3 Å². The first-order valence-corrected chi connectivity index (χ1v) is 11.1. The van der Waals surface area contributed by atoms with Crippen molar-refractivity contribution in [2.24, 2.45) is 11.8 Å². The fourth-order valence-electron chi connectivity index (χ4n) is 5.22. The first kappa shape index (κ1) is 20.8. The van der Waals surface area contributed by atoms with Gasteiger partial charge in [-0.3, -0.25) is 19.3 Å². The third-order valence-corrected chi connectivity index (χ3v) is 6.72. The summed E-state index contributed by atoms with van der Waals surface area (Å²) in [5.74, 6) is -2.17. The highest BCUT2D eigenvalue weighted by molar-refractivity contribution is 6.30. The second kappa shape index (κ2) is 7.20. The zero-order valence-corrected chi connectivity index (χ0v) is 18.8. The van der Waals surface area contributed by atoms with E-state index < -0.39 is 23.4 Å². The van der Waals surface area contributed by atoms with Gasteiger partial charge in [0.2, 0.25) is 17.7 Å². The zero-order chi connectivity index (χ0) is 22.8. The fourth-order valence-corrected chi connectivity index (χ4v) is 5.35. The zero-order valence-electron chi connectivity index (χ0n) is 18.1. The van der Waals surface area contributed by atoms with Crippen molar-refractivity contribution in [1.82, 2.24) is 4.90 Å². The number of carbonyl (C=O) groups is 3. The number of para-hydroxylation sites is 1.